The summed E-state index contributed by atoms with van der Waals surface area (Å²) in [5.41, 5.74) is -0.112. The molecule has 0 amide bonds. The monoisotopic (exact) mass is 182 g/mol. The van der Waals surface area contributed by atoms with Gasteiger partial charge in [0.2, 0.25) is 0 Å². The molecule has 74 valence electrons. The molecule has 2 heteroatoms. The van der Waals surface area contributed by atoms with E-state index in [1.54, 1.807) is 0 Å². The summed E-state index contributed by atoms with van der Waals surface area (Å²) in [6.07, 6.45) is 3.21. The van der Waals surface area contributed by atoms with Crippen molar-refractivity contribution in [2.75, 3.05) is 0 Å². The Morgan fingerprint density at radius 2 is 2.15 bits per heavy atom. The van der Waals surface area contributed by atoms with Crippen molar-refractivity contribution in [3.05, 3.63) is 0 Å². The molecule has 0 aromatic rings. The number of aliphatic hydroxyl groups is 1. The Kier molecular flexibility index (Phi) is 1.99. The lowest BCUT2D eigenvalue weighted by Gasteiger charge is -2.42. The van der Waals surface area contributed by atoms with E-state index in [1.807, 2.05) is 0 Å². The van der Waals surface area contributed by atoms with Crippen molar-refractivity contribution >= 4 is 5.78 Å². The Hall–Kier alpha value is -0.370. The van der Waals surface area contributed by atoms with Crippen LogP contribution < -0.4 is 0 Å². The molecule has 0 aromatic carbocycles. The number of carbonyl (C=O) groups excluding carboxylic acids is 1. The zero-order valence-corrected chi connectivity index (χ0v) is 8.42. The molecule has 0 radical (unpaired) electrons. The maximum atomic E-state index is 11.8. The predicted molar refractivity (Wildman–Crippen MR) is 50.2 cm³/mol. The van der Waals surface area contributed by atoms with E-state index in [0.717, 1.165) is 25.7 Å². The van der Waals surface area contributed by atoms with E-state index < -0.39 is 0 Å². The predicted octanol–water partition coefficient (Wildman–Crippen LogP) is 1.76. The maximum Gasteiger partial charge on any atom is 0.139 e. The van der Waals surface area contributed by atoms with Gasteiger partial charge in [0, 0.05) is 11.8 Å². The molecule has 0 bridgehead atoms. The van der Waals surface area contributed by atoms with E-state index in [9.17, 15) is 9.90 Å². The molecular weight excluding hydrogens is 164 g/mol. The lowest BCUT2D eigenvalue weighted by molar-refractivity contribution is -0.132. The fourth-order valence-electron chi connectivity index (χ4n) is 3.22. The van der Waals surface area contributed by atoms with Gasteiger partial charge in [0.25, 0.3) is 0 Å². The average molecular weight is 182 g/mol. The Labute approximate surface area is 79.3 Å². The molecule has 2 aliphatic rings. The van der Waals surface area contributed by atoms with E-state index in [2.05, 4.69) is 13.8 Å². The van der Waals surface area contributed by atoms with E-state index in [4.69, 9.17) is 0 Å². The highest BCUT2D eigenvalue weighted by Crippen LogP contribution is 2.52. The first-order chi connectivity index (χ1) is 6.05. The van der Waals surface area contributed by atoms with E-state index >= 15 is 0 Å². The smallest absolute Gasteiger partial charge is 0.139 e. The molecule has 1 N–H and O–H groups in total. The normalized spacial score (nSPS) is 50.7. The van der Waals surface area contributed by atoms with Gasteiger partial charge in [-0.25, -0.2) is 0 Å². The first-order valence-corrected chi connectivity index (χ1v) is 5.26. The number of aliphatic hydroxyl groups excluding tert-OH is 1. The van der Waals surface area contributed by atoms with Gasteiger partial charge in [0.05, 0.1) is 6.10 Å². The van der Waals surface area contributed by atoms with Gasteiger partial charge in [-0.3, -0.25) is 4.79 Å². The van der Waals surface area contributed by atoms with Crippen LogP contribution in [0.4, 0.5) is 0 Å². The van der Waals surface area contributed by atoms with Crippen molar-refractivity contribution in [2.45, 2.75) is 45.6 Å². The van der Waals surface area contributed by atoms with Gasteiger partial charge in [-0.2, -0.15) is 0 Å². The van der Waals surface area contributed by atoms with Crippen LogP contribution in [0.2, 0.25) is 0 Å². The summed E-state index contributed by atoms with van der Waals surface area (Å²) in [7, 11) is 0. The van der Waals surface area contributed by atoms with Gasteiger partial charge in [-0.15, -0.1) is 0 Å². The van der Waals surface area contributed by atoms with Crippen molar-refractivity contribution in [2.24, 2.45) is 17.3 Å². The number of hydrogen-bond donors (Lipinski definition) is 1. The van der Waals surface area contributed by atoms with Crippen LogP contribution >= 0.6 is 0 Å². The highest BCUT2D eigenvalue weighted by atomic mass is 16.3. The van der Waals surface area contributed by atoms with Crippen LogP contribution in [0, 0.1) is 17.3 Å². The van der Waals surface area contributed by atoms with Crippen LogP contribution in [0.5, 0.6) is 0 Å². The molecule has 4 atom stereocenters. The van der Waals surface area contributed by atoms with Gasteiger partial charge in [0.15, 0.2) is 0 Å². The van der Waals surface area contributed by atoms with E-state index in [-0.39, 0.29) is 11.5 Å². The number of carbonyl (C=O) groups is 1. The molecule has 0 aromatic heterocycles. The van der Waals surface area contributed by atoms with Gasteiger partial charge >= 0.3 is 0 Å². The van der Waals surface area contributed by atoms with Crippen molar-refractivity contribution < 1.29 is 9.90 Å². The average Bonchev–Trinajstić information content (AvgIpc) is 2.33. The minimum Gasteiger partial charge on any atom is -0.393 e. The fraction of sp³-hybridized carbons (Fsp3) is 0.909. The number of ketones is 1. The maximum absolute atomic E-state index is 11.8. The van der Waals surface area contributed by atoms with Crippen molar-refractivity contribution in [3.8, 4) is 0 Å². The van der Waals surface area contributed by atoms with Crippen LogP contribution in [0.3, 0.4) is 0 Å². The summed E-state index contributed by atoms with van der Waals surface area (Å²) in [6.45, 7) is 4.21. The first-order valence-electron chi connectivity index (χ1n) is 5.26. The van der Waals surface area contributed by atoms with Crippen molar-refractivity contribution in [1.29, 1.82) is 0 Å². The summed E-state index contributed by atoms with van der Waals surface area (Å²) in [5.74, 6) is 1.23. The molecular formula is C11H18O2. The van der Waals surface area contributed by atoms with Crippen LogP contribution in [-0.2, 0) is 4.79 Å². The SMILES string of the molecule is C[C@H]1C[C@H](O)C[C@H]2CCC(=O)[C@]21C. The fourth-order valence-corrected chi connectivity index (χ4v) is 3.22. The highest BCUT2D eigenvalue weighted by molar-refractivity contribution is 5.87. The molecule has 13 heavy (non-hydrogen) atoms. The Morgan fingerprint density at radius 3 is 2.85 bits per heavy atom. The van der Waals surface area contributed by atoms with Crippen molar-refractivity contribution in [3.63, 3.8) is 0 Å². The molecule has 2 aliphatic carbocycles. The Bertz CT molecular complexity index is 236. The standard InChI is InChI=1S/C11H18O2/c1-7-5-9(12)6-8-3-4-10(13)11(7,8)2/h7-9,12H,3-6H2,1-2H3/t7-,8+,9-,11-/m0/s1. The minimum absolute atomic E-state index is 0.112. The first kappa shape index (κ1) is 9.20. The summed E-state index contributed by atoms with van der Waals surface area (Å²) >= 11 is 0. The zero-order valence-electron chi connectivity index (χ0n) is 8.42. The second kappa shape index (κ2) is 2.81. The third-order valence-electron chi connectivity index (χ3n) is 4.37. The second-order valence-corrected chi connectivity index (χ2v) is 4.97. The molecule has 2 nitrogen and oxygen atoms in total. The Morgan fingerprint density at radius 1 is 1.46 bits per heavy atom. The van der Waals surface area contributed by atoms with E-state index in [1.165, 1.54) is 0 Å². The summed E-state index contributed by atoms with van der Waals surface area (Å²) in [4.78, 5) is 11.8. The molecule has 0 spiro atoms. The van der Waals surface area contributed by atoms with Gasteiger partial charge in [-0.05, 0) is 31.1 Å². The molecule has 2 saturated carbocycles. The molecule has 0 saturated heterocycles. The van der Waals surface area contributed by atoms with Gasteiger partial charge in [0.1, 0.15) is 5.78 Å². The van der Waals surface area contributed by atoms with Crippen LogP contribution in [0.25, 0.3) is 0 Å². The second-order valence-electron chi connectivity index (χ2n) is 4.97. The van der Waals surface area contributed by atoms with Crippen LogP contribution in [0.1, 0.15) is 39.5 Å². The van der Waals surface area contributed by atoms with Gasteiger partial charge < -0.3 is 5.11 Å². The molecule has 0 unspecified atom stereocenters. The van der Waals surface area contributed by atoms with Gasteiger partial charge in [-0.1, -0.05) is 13.8 Å². The summed E-state index contributed by atoms with van der Waals surface area (Å²) in [6, 6.07) is 0. The molecule has 0 heterocycles. The third kappa shape index (κ3) is 1.15. The zero-order chi connectivity index (χ0) is 9.64. The Balaban J connectivity index is 2.28. The molecule has 0 aliphatic heterocycles. The number of hydrogen-bond acceptors (Lipinski definition) is 2. The lowest BCUT2D eigenvalue weighted by atomic mass is 9.62. The topological polar surface area (TPSA) is 37.3 Å². The highest BCUT2D eigenvalue weighted by Gasteiger charge is 2.52. The minimum atomic E-state index is -0.168. The molecule has 2 rings (SSSR count). The van der Waals surface area contributed by atoms with Crippen LogP contribution in [0.15, 0.2) is 0 Å². The number of fused-ring (bicyclic) bond motifs is 1. The van der Waals surface area contributed by atoms with Crippen molar-refractivity contribution in [1.82, 2.24) is 0 Å². The summed E-state index contributed by atoms with van der Waals surface area (Å²) in [5, 5.41) is 9.62. The number of Topliss-reactive ketones (excluding diaryl/α,β-unsaturated/α-hetero) is 1. The molecule has 2 fully saturated rings. The van der Waals surface area contributed by atoms with E-state index in [0.29, 0.717) is 17.6 Å². The third-order valence-corrected chi connectivity index (χ3v) is 4.37. The quantitative estimate of drug-likeness (QED) is 0.620. The largest absolute Gasteiger partial charge is 0.393 e. The summed E-state index contributed by atoms with van der Waals surface area (Å²) < 4.78 is 0. The van der Waals surface area contributed by atoms with Crippen LogP contribution in [-0.4, -0.2) is 17.0 Å². The number of rotatable bonds is 0. The lowest BCUT2D eigenvalue weighted by Crippen LogP contribution is -2.43.